The van der Waals surface area contributed by atoms with Gasteiger partial charge in [0, 0.05) is 6.54 Å². The molecule has 2 aromatic rings. The summed E-state index contributed by atoms with van der Waals surface area (Å²) in [5.74, 6) is -0.445. The number of carbonyl (C=O) groups is 1. The molecule has 23 heavy (non-hydrogen) atoms. The molecule has 3 nitrogen and oxygen atoms in total. The molecular formula is C17H16F3NO2. The standard InChI is InChI=1S/C17H16F3NO2/c18-17(19,20)14-8-4-5-12(9-14)10-16(23)21-11-15(22)13-6-2-1-3-7-13/h1-9,15,22H,10-11H2,(H,21,23)/t15-/m0/s1. The van der Waals surface area contributed by atoms with Gasteiger partial charge in [-0.05, 0) is 17.2 Å². The van der Waals surface area contributed by atoms with Crippen LogP contribution in [0.25, 0.3) is 0 Å². The van der Waals surface area contributed by atoms with E-state index in [0.717, 1.165) is 12.1 Å². The first kappa shape index (κ1) is 17.0. The molecule has 0 aliphatic rings. The Hall–Kier alpha value is -2.34. The highest BCUT2D eigenvalue weighted by molar-refractivity contribution is 5.78. The molecule has 0 spiro atoms. The highest BCUT2D eigenvalue weighted by atomic mass is 19.4. The van der Waals surface area contributed by atoms with Crippen molar-refractivity contribution in [2.45, 2.75) is 18.7 Å². The molecule has 0 unspecified atom stereocenters. The number of halogens is 3. The van der Waals surface area contributed by atoms with Crippen molar-refractivity contribution in [1.29, 1.82) is 0 Å². The number of rotatable bonds is 5. The fraction of sp³-hybridized carbons (Fsp3) is 0.235. The van der Waals surface area contributed by atoms with Gasteiger partial charge in [0.15, 0.2) is 0 Å². The predicted molar refractivity (Wildman–Crippen MR) is 79.6 cm³/mol. The Morgan fingerprint density at radius 2 is 1.78 bits per heavy atom. The zero-order chi connectivity index (χ0) is 16.9. The van der Waals surface area contributed by atoms with Gasteiger partial charge in [0.25, 0.3) is 0 Å². The Balaban J connectivity index is 1.90. The van der Waals surface area contributed by atoms with E-state index in [-0.39, 0.29) is 18.5 Å². The molecule has 0 saturated heterocycles. The topological polar surface area (TPSA) is 49.3 Å². The first-order valence-electron chi connectivity index (χ1n) is 7.02. The van der Waals surface area contributed by atoms with Crippen molar-refractivity contribution in [3.8, 4) is 0 Å². The van der Waals surface area contributed by atoms with Crippen molar-refractivity contribution in [1.82, 2.24) is 5.32 Å². The molecule has 2 rings (SSSR count). The van der Waals surface area contributed by atoms with E-state index in [0.29, 0.717) is 5.56 Å². The quantitative estimate of drug-likeness (QED) is 0.888. The number of aliphatic hydroxyl groups is 1. The number of nitrogens with one attached hydrogen (secondary N) is 1. The van der Waals surface area contributed by atoms with E-state index in [4.69, 9.17) is 0 Å². The van der Waals surface area contributed by atoms with Gasteiger partial charge in [-0.15, -0.1) is 0 Å². The first-order valence-corrected chi connectivity index (χ1v) is 7.02. The molecule has 0 heterocycles. The third-order valence-electron chi connectivity index (χ3n) is 3.30. The summed E-state index contributed by atoms with van der Waals surface area (Å²) in [5, 5.41) is 12.4. The van der Waals surface area contributed by atoms with E-state index in [1.807, 2.05) is 6.07 Å². The molecule has 0 aliphatic heterocycles. The molecule has 122 valence electrons. The number of aliphatic hydroxyl groups excluding tert-OH is 1. The lowest BCUT2D eigenvalue weighted by Crippen LogP contribution is -2.29. The minimum absolute atomic E-state index is 0.00179. The third kappa shape index (κ3) is 5.10. The van der Waals surface area contributed by atoms with Crippen LogP contribution in [-0.2, 0) is 17.4 Å². The number of hydrogen-bond donors (Lipinski definition) is 2. The normalized spacial score (nSPS) is 12.7. The Morgan fingerprint density at radius 3 is 2.43 bits per heavy atom. The van der Waals surface area contributed by atoms with Gasteiger partial charge in [0.1, 0.15) is 0 Å². The van der Waals surface area contributed by atoms with Crippen molar-refractivity contribution < 1.29 is 23.1 Å². The van der Waals surface area contributed by atoms with Crippen LogP contribution in [0.2, 0.25) is 0 Å². The maximum absolute atomic E-state index is 12.6. The Labute approximate surface area is 131 Å². The van der Waals surface area contributed by atoms with Crippen LogP contribution >= 0.6 is 0 Å². The van der Waals surface area contributed by atoms with Crippen LogP contribution in [0.1, 0.15) is 22.8 Å². The molecule has 6 heteroatoms. The molecule has 0 bridgehead atoms. The minimum Gasteiger partial charge on any atom is -0.387 e. The summed E-state index contributed by atoms with van der Waals surface area (Å²) >= 11 is 0. The number of hydrogen-bond acceptors (Lipinski definition) is 2. The van der Waals surface area contributed by atoms with Gasteiger partial charge in [0.05, 0.1) is 18.1 Å². The van der Waals surface area contributed by atoms with Crippen molar-refractivity contribution in [3.63, 3.8) is 0 Å². The number of carbonyl (C=O) groups excluding carboxylic acids is 1. The summed E-state index contributed by atoms with van der Waals surface area (Å²) in [6, 6.07) is 13.4. The Bertz CT molecular complexity index is 656. The van der Waals surface area contributed by atoms with Gasteiger partial charge in [-0.1, -0.05) is 48.5 Å². The monoisotopic (exact) mass is 323 g/mol. The van der Waals surface area contributed by atoms with Crippen molar-refractivity contribution in [3.05, 3.63) is 71.3 Å². The van der Waals surface area contributed by atoms with Gasteiger partial charge in [0.2, 0.25) is 5.91 Å². The van der Waals surface area contributed by atoms with E-state index in [1.54, 1.807) is 24.3 Å². The van der Waals surface area contributed by atoms with E-state index >= 15 is 0 Å². The smallest absolute Gasteiger partial charge is 0.387 e. The van der Waals surface area contributed by atoms with E-state index in [2.05, 4.69) is 5.32 Å². The maximum Gasteiger partial charge on any atom is 0.416 e. The largest absolute Gasteiger partial charge is 0.416 e. The van der Waals surface area contributed by atoms with Crippen LogP contribution < -0.4 is 5.32 Å². The summed E-state index contributed by atoms with van der Waals surface area (Å²) in [7, 11) is 0. The fourth-order valence-electron chi connectivity index (χ4n) is 2.11. The van der Waals surface area contributed by atoms with E-state index < -0.39 is 23.8 Å². The molecule has 2 N–H and O–H groups in total. The molecule has 1 amide bonds. The molecule has 2 aromatic carbocycles. The number of alkyl halides is 3. The van der Waals surface area contributed by atoms with Crippen LogP contribution in [0.15, 0.2) is 54.6 Å². The molecule has 0 aliphatic carbocycles. The highest BCUT2D eigenvalue weighted by Gasteiger charge is 2.30. The predicted octanol–water partition coefficient (Wildman–Crippen LogP) is 3.10. The third-order valence-corrected chi connectivity index (χ3v) is 3.30. The second-order valence-corrected chi connectivity index (χ2v) is 5.11. The van der Waals surface area contributed by atoms with Gasteiger partial charge < -0.3 is 10.4 Å². The Morgan fingerprint density at radius 1 is 1.09 bits per heavy atom. The summed E-state index contributed by atoms with van der Waals surface area (Å²) in [5.41, 5.74) is 0.144. The molecular weight excluding hydrogens is 307 g/mol. The van der Waals surface area contributed by atoms with Crippen LogP contribution in [0.4, 0.5) is 13.2 Å². The van der Waals surface area contributed by atoms with Gasteiger partial charge in [-0.25, -0.2) is 0 Å². The van der Waals surface area contributed by atoms with Crippen molar-refractivity contribution in [2.75, 3.05) is 6.54 Å². The van der Waals surface area contributed by atoms with Crippen LogP contribution in [0.3, 0.4) is 0 Å². The molecule has 0 aromatic heterocycles. The van der Waals surface area contributed by atoms with Crippen LogP contribution in [0.5, 0.6) is 0 Å². The number of benzene rings is 2. The fourth-order valence-corrected chi connectivity index (χ4v) is 2.11. The van der Waals surface area contributed by atoms with Gasteiger partial charge in [-0.3, -0.25) is 4.79 Å². The van der Waals surface area contributed by atoms with Crippen LogP contribution in [0, 0.1) is 0 Å². The lowest BCUT2D eigenvalue weighted by molar-refractivity contribution is -0.137. The van der Waals surface area contributed by atoms with Gasteiger partial charge >= 0.3 is 6.18 Å². The lowest BCUT2D eigenvalue weighted by atomic mass is 10.1. The van der Waals surface area contributed by atoms with Crippen molar-refractivity contribution >= 4 is 5.91 Å². The molecule has 0 fully saturated rings. The molecule has 0 saturated carbocycles. The average Bonchev–Trinajstić information content (AvgIpc) is 2.53. The summed E-state index contributed by atoms with van der Waals surface area (Å²) in [6.45, 7) is 0.00179. The van der Waals surface area contributed by atoms with Crippen molar-refractivity contribution in [2.24, 2.45) is 0 Å². The maximum atomic E-state index is 12.6. The lowest BCUT2D eigenvalue weighted by Gasteiger charge is -2.13. The first-order chi connectivity index (χ1) is 10.9. The van der Waals surface area contributed by atoms with E-state index in [1.165, 1.54) is 12.1 Å². The number of amides is 1. The zero-order valence-corrected chi connectivity index (χ0v) is 12.2. The Kier molecular flexibility index (Phi) is 5.39. The van der Waals surface area contributed by atoms with Gasteiger partial charge in [-0.2, -0.15) is 13.2 Å². The van der Waals surface area contributed by atoms with Crippen LogP contribution in [-0.4, -0.2) is 17.6 Å². The minimum atomic E-state index is -4.43. The summed E-state index contributed by atoms with van der Waals surface area (Å²) in [4.78, 5) is 11.8. The molecule has 0 radical (unpaired) electrons. The molecule has 1 atom stereocenters. The summed E-state index contributed by atoms with van der Waals surface area (Å²) in [6.07, 6.45) is -5.47. The zero-order valence-electron chi connectivity index (χ0n) is 12.2. The second kappa shape index (κ2) is 7.28. The average molecular weight is 323 g/mol. The SMILES string of the molecule is O=C(Cc1cccc(C(F)(F)F)c1)NC[C@H](O)c1ccccc1. The van der Waals surface area contributed by atoms with E-state index in [9.17, 15) is 23.1 Å². The summed E-state index contributed by atoms with van der Waals surface area (Å²) < 4.78 is 37.8. The highest BCUT2D eigenvalue weighted by Crippen LogP contribution is 2.29. The second-order valence-electron chi connectivity index (χ2n) is 5.11.